The molecule has 0 saturated carbocycles. The molecule has 0 aromatic rings. The van der Waals surface area contributed by atoms with E-state index in [1.54, 1.807) is 0 Å². The lowest BCUT2D eigenvalue weighted by atomic mass is 10.1. The third-order valence-corrected chi connectivity index (χ3v) is 9.34. The molecule has 0 aromatic heterocycles. The van der Waals surface area contributed by atoms with Crippen molar-refractivity contribution < 1.29 is 23.8 Å². The van der Waals surface area contributed by atoms with E-state index < -0.39 is 6.10 Å². The Morgan fingerprint density at radius 1 is 0.414 bits per heavy atom. The molecule has 0 amide bonds. The van der Waals surface area contributed by atoms with Crippen LogP contribution in [-0.4, -0.2) is 37.9 Å². The second-order valence-electron chi connectivity index (χ2n) is 14.9. The number of esters is 2. The highest BCUT2D eigenvalue weighted by Gasteiger charge is 2.17. The smallest absolute Gasteiger partial charge is 0.309 e. The largest absolute Gasteiger partial charge is 0.461 e. The molecule has 1 unspecified atom stereocenters. The fourth-order valence-electron chi connectivity index (χ4n) is 5.93. The fourth-order valence-corrected chi connectivity index (χ4v) is 5.93. The Labute approximate surface area is 357 Å². The van der Waals surface area contributed by atoms with Gasteiger partial charge in [-0.15, -0.1) is 0 Å². The van der Waals surface area contributed by atoms with Gasteiger partial charge in [-0.25, -0.2) is 0 Å². The summed E-state index contributed by atoms with van der Waals surface area (Å²) in [7, 11) is 0. The molecule has 0 aliphatic carbocycles. The van der Waals surface area contributed by atoms with Crippen LogP contribution in [0.3, 0.4) is 0 Å². The van der Waals surface area contributed by atoms with E-state index in [0.717, 1.165) is 89.9 Å². The molecule has 5 nitrogen and oxygen atoms in total. The number of ether oxygens (including phenoxy) is 3. The minimum absolute atomic E-state index is 0.00960. The quantitative estimate of drug-likeness (QED) is 0.0350. The number of hydrogen-bond donors (Lipinski definition) is 0. The summed E-state index contributed by atoms with van der Waals surface area (Å²) in [5.41, 5.74) is 0. The Balaban J connectivity index is 4.48. The Bertz CT molecular complexity index is 1180. The summed E-state index contributed by atoms with van der Waals surface area (Å²) < 4.78 is 17.2. The number of carbonyl (C=O) groups is 2. The molecule has 0 N–H and O–H groups in total. The molecule has 0 aromatic carbocycles. The van der Waals surface area contributed by atoms with Crippen LogP contribution in [0.4, 0.5) is 0 Å². The van der Waals surface area contributed by atoms with E-state index >= 15 is 0 Å². The van der Waals surface area contributed by atoms with Crippen LogP contribution < -0.4 is 0 Å². The molecule has 1 atom stereocenters. The van der Waals surface area contributed by atoms with E-state index in [1.807, 2.05) is 12.2 Å². The molecule has 0 rings (SSSR count). The van der Waals surface area contributed by atoms with Gasteiger partial charge >= 0.3 is 11.9 Å². The topological polar surface area (TPSA) is 61.8 Å². The van der Waals surface area contributed by atoms with Crippen LogP contribution in [0.1, 0.15) is 188 Å². The van der Waals surface area contributed by atoms with E-state index in [1.165, 1.54) is 64.2 Å². The summed E-state index contributed by atoms with van der Waals surface area (Å²) in [5.74, 6) is -0.598. The lowest BCUT2D eigenvalue weighted by molar-refractivity contribution is -0.162. The normalized spacial score (nSPS) is 13.2. The molecule has 0 spiro atoms. The van der Waals surface area contributed by atoms with Gasteiger partial charge in [-0.3, -0.25) is 9.59 Å². The summed E-state index contributed by atoms with van der Waals surface area (Å²) >= 11 is 0. The highest BCUT2D eigenvalue weighted by atomic mass is 16.6. The first-order valence-corrected chi connectivity index (χ1v) is 23.4. The molecule has 328 valence electrons. The first-order chi connectivity index (χ1) is 28.6. The first kappa shape index (κ1) is 54.6. The van der Waals surface area contributed by atoms with Crippen molar-refractivity contribution in [2.75, 3.05) is 19.8 Å². The molecular formula is C53H86O5. The number of rotatable bonds is 41. The van der Waals surface area contributed by atoms with Crippen LogP contribution in [0.25, 0.3) is 0 Å². The number of unbranched alkanes of at least 4 members (excludes halogenated alkanes) is 13. The molecule has 58 heavy (non-hydrogen) atoms. The number of hydrogen-bond acceptors (Lipinski definition) is 5. The minimum atomic E-state index is -0.600. The van der Waals surface area contributed by atoms with Crippen molar-refractivity contribution in [3.8, 4) is 0 Å². The van der Waals surface area contributed by atoms with Crippen LogP contribution in [-0.2, 0) is 23.8 Å². The van der Waals surface area contributed by atoms with Gasteiger partial charge in [0.25, 0.3) is 0 Å². The molecule has 0 bridgehead atoms. The summed E-state index contributed by atoms with van der Waals surface area (Å²) in [4.78, 5) is 25.2. The summed E-state index contributed by atoms with van der Waals surface area (Å²) in [5, 5.41) is 0. The molecule has 5 heteroatoms. The van der Waals surface area contributed by atoms with Crippen molar-refractivity contribution >= 4 is 11.9 Å². The third kappa shape index (κ3) is 45.3. The van der Waals surface area contributed by atoms with Gasteiger partial charge in [-0.05, 0) is 83.5 Å². The summed E-state index contributed by atoms with van der Waals surface area (Å²) in [6.07, 6.45) is 65.4. The fraction of sp³-hybridized carbons (Fsp3) is 0.623. The monoisotopic (exact) mass is 803 g/mol. The number of allylic oxidation sites excluding steroid dienone is 17. The third-order valence-electron chi connectivity index (χ3n) is 9.34. The lowest BCUT2D eigenvalue weighted by Gasteiger charge is -2.18. The van der Waals surface area contributed by atoms with Crippen LogP contribution in [0.15, 0.2) is 109 Å². The van der Waals surface area contributed by atoms with E-state index in [4.69, 9.17) is 14.2 Å². The minimum Gasteiger partial charge on any atom is -0.461 e. The molecule has 0 fully saturated rings. The van der Waals surface area contributed by atoms with Gasteiger partial charge in [0, 0.05) is 13.0 Å². The maximum absolute atomic E-state index is 12.7. The Kier molecular flexibility index (Phi) is 45.1. The van der Waals surface area contributed by atoms with Crippen LogP contribution in [0.2, 0.25) is 0 Å². The molecule has 0 aliphatic heterocycles. The SMILES string of the molecule is CC/C=C\C/C=C\C/C=C\C/C=C\C/C=C\CC(=O)OCC(COCCCCCCCCCCCCCC)OC(=O)CCCC/C=C\C/C=C\C/C=C\C/C=C\CC. The second kappa shape index (κ2) is 47.9. The Morgan fingerprint density at radius 2 is 0.828 bits per heavy atom. The molecule has 0 saturated heterocycles. The zero-order valence-corrected chi connectivity index (χ0v) is 37.5. The van der Waals surface area contributed by atoms with Crippen LogP contribution in [0, 0.1) is 0 Å². The highest BCUT2D eigenvalue weighted by molar-refractivity contribution is 5.71. The van der Waals surface area contributed by atoms with Gasteiger partial charge < -0.3 is 14.2 Å². The van der Waals surface area contributed by atoms with E-state index in [-0.39, 0.29) is 31.6 Å². The molecule has 0 heterocycles. The average Bonchev–Trinajstić information content (AvgIpc) is 3.22. The zero-order valence-electron chi connectivity index (χ0n) is 37.5. The van der Waals surface area contributed by atoms with Gasteiger partial charge in [0.15, 0.2) is 6.10 Å². The average molecular weight is 803 g/mol. The maximum atomic E-state index is 12.7. The van der Waals surface area contributed by atoms with Gasteiger partial charge in [0.05, 0.1) is 13.0 Å². The van der Waals surface area contributed by atoms with E-state index in [9.17, 15) is 9.59 Å². The Morgan fingerprint density at radius 3 is 1.29 bits per heavy atom. The number of carbonyl (C=O) groups excluding carboxylic acids is 2. The second-order valence-corrected chi connectivity index (χ2v) is 14.9. The van der Waals surface area contributed by atoms with Crippen molar-refractivity contribution in [2.45, 2.75) is 194 Å². The Hall–Kier alpha value is -3.44. The summed E-state index contributed by atoms with van der Waals surface area (Å²) in [6.45, 7) is 7.43. The van der Waals surface area contributed by atoms with Gasteiger partial charge in [0.2, 0.25) is 0 Å². The van der Waals surface area contributed by atoms with Crippen LogP contribution >= 0.6 is 0 Å². The molecule has 0 radical (unpaired) electrons. The predicted octanol–water partition coefficient (Wildman–Crippen LogP) is 15.7. The van der Waals surface area contributed by atoms with Crippen molar-refractivity contribution in [2.24, 2.45) is 0 Å². The first-order valence-electron chi connectivity index (χ1n) is 23.4. The highest BCUT2D eigenvalue weighted by Crippen LogP contribution is 2.12. The van der Waals surface area contributed by atoms with Crippen molar-refractivity contribution in [1.29, 1.82) is 0 Å². The summed E-state index contributed by atoms with van der Waals surface area (Å²) in [6, 6.07) is 0. The van der Waals surface area contributed by atoms with Gasteiger partial charge in [-0.1, -0.05) is 201 Å². The zero-order chi connectivity index (χ0) is 42.1. The van der Waals surface area contributed by atoms with Crippen LogP contribution in [0.5, 0.6) is 0 Å². The predicted molar refractivity (Wildman–Crippen MR) is 251 cm³/mol. The lowest BCUT2D eigenvalue weighted by Crippen LogP contribution is -2.30. The molecule has 0 aliphatic rings. The van der Waals surface area contributed by atoms with Gasteiger partial charge in [0.1, 0.15) is 6.61 Å². The van der Waals surface area contributed by atoms with Crippen molar-refractivity contribution in [3.63, 3.8) is 0 Å². The maximum Gasteiger partial charge on any atom is 0.309 e. The van der Waals surface area contributed by atoms with Gasteiger partial charge in [-0.2, -0.15) is 0 Å². The van der Waals surface area contributed by atoms with Crippen molar-refractivity contribution in [3.05, 3.63) is 109 Å². The molecular weight excluding hydrogens is 717 g/mol. The van der Waals surface area contributed by atoms with Crippen molar-refractivity contribution in [1.82, 2.24) is 0 Å². The van der Waals surface area contributed by atoms with E-state index in [2.05, 4.69) is 118 Å². The standard InChI is InChI=1S/C53H86O5/c1-4-7-10-13-16-19-22-25-27-29-31-34-37-40-43-46-52(54)57-50-51(49-56-48-45-42-39-36-33-24-21-18-15-12-9-6-3)58-53(55)47-44-41-38-35-32-30-28-26-23-20-17-14-11-8-5-2/h7-8,10-11,16-17,19-20,25-28,31-32,34-35,40,43,51H,4-6,9,12-15,18,21-24,29-30,33,36-39,41-42,44-50H2,1-3H3/b10-7-,11-8-,19-16-,20-17-,27-25-,28-26-,34-31-,35-32-,43-40-. The van der Waals surface area contributed by atoms with E-state index in [0.29, 0.717) is 13.0 Å².